The summed E-state index contributed by atoms with van der Waals surface area (Å²) in [5.41, 5.74) is 0. The van der Waals surface area contributed by atoms with E-state index in [1.54, 1.807) is 6.07 Å². The number of aliphatic carboxylic acids is 1. The van der Waals surface area contributed by atoms with Crippen LogP contribution in [-0.4, -0.2) is 26.8 Å². The number of nitrogens with one attached hydrogen (secondary N) is 1. The number of carbonyl (C=O) groups is 2. The zero-order valence-corrected chi connectivity index (χ0v) is 9.87. The van der Waals surface area contributed by atoms with Crippen LogP contribution in [-0.2, 0) is 16.1 Å². The maximum Gasteiger partial charge on any atom is 0.325 e. The molecular formula is C12H15N3O3. The normalized spacial score (nSPS) is 17.9. The lowest BCUT2D eigenvalue weighted by atomic mass is 10.1. The average Bonchev–Trinajstić information content (AvgIpc) is 2.89. The molecule has 1 aliphatic rings. The third-order valence-electron chi connectivity index (χ3n) is 2.77. The molecule has 1 aromatic heterocycles. The summed E-state index contributed by atoms with van der Waals surface area (Å²) in [6.45, 7) is -0.207. The van der Waals surface area contributed by atoms with Crippen LogP contribution < -0.4 is 5.32 Å². The predicted octanol–water partition coefficient (Wildman–Crippen LogP) is 1.26. The summed E-state index contributed by atoms with van der Waals surface area (Å²) in [6.07, 6.45) is 8.16. The molecule has 1 unspecified atom stereocenters. The number of hydrogen-bond donors (Lipinski definition) is 2. The van der Waals surface area contributed by atoms with Crippen LogP contribution in [0.25, 0.3) is 0 Å². The summed E-state index contributed by atoms with van der Waals surface area (Å²) in [5, 5.41) is 15.2. The number of carboxylic acids is 1. The van der Waals surface area contributed by atoms with Gasteiger partial charge in [0.1, 0.15) is 6.54 Å². The van der Waals surface area contributed by atoms with E-state index in [1.165, 1.54) is 10.9 Å². The fourth-order valence-corrected chi connectivity index (χ4v) is 1.95. The van der Waals surface area contributed by atoms with E-state index in [-0.39, 0.29) is 12.5 Å². The van der Waals surface area contributed by atoms with Gasteiger partial charge in [-0.25, -0.2) is 0 Å². The Labute approximate surface area is 104 Å². The van der Waals surface area contributed by atoms with Gasteiger partial charge in [0, 0.05) is 18.7 Å². The van der Waals surface area contributed by atoms with Crippen molar-refractivity contribution in [1.82, 2.24) is 9.78 Å². The molecule has 6 nitrogen and oxygen atoms in total. The number of aromatic nitrogens is 2. The first kappa shape index (κ1) is 12.3. The molecule has 2 rings (SSSR count). The number of rotatable bonds is 5. The Bertz CT molecular complexity index is 479. The van der Waals surface area contributed by atoms with Gasteiger partial charge in [0.25, 0.3) is 0 Å². The van der Waals surface area contributed by atoms with Crippen LogP contribution in [0.1, 0.15) is 19.3 Å². The van der Waals surface area contributed by atoms with Crippen LogP contribution in [0.3, 0.4) is 0 Å². The van der Waals surface area contributed by atoms with Crippen molar-refractivity contribution in [2.24, 2.45) is 5.92 Å². The molecule has 0 bridgehead atoms. The molecule has 1 aromatic rings. The van der Waals surface area contributed by atoms with Gasteiger partial charge >= 0.3 is 5.97 Å². The van der Waals surface area contributed by atoms with Gasteiger partial charge in [-0.2, -0.15) is 5.10 Å². The van der Waals surface area contributed by atoms with Crippen molar-refractivity contribution in [3.05, 3.63) is 24.4 Å². The Hall–Kier alpha value is -2.11. The molecule has 0 aliphatic heterocycles. The summed E-state index contributed by atoms with van der Waals surface area (Å²) >= 11 is 0. The Morgan fingerprint density at radius 1 is 1.56 bits per heavy atom. The van der Waals surface area contributed by atoms with Gasteiger partial charge in [-0.05, 0) is 18.8 Å². The van der Waals surface area contributed by atoms with Crippen LogP contribution >= 0.6 is 0 Å². The van der Waals surface area contributed by atoms with Crippen LogP contribution in [0, 0.1) is 5.92 Å². The lowest BCUT2D eigenvalue weighted by molar-refractivity contribution is -0.137. The van der Waals surface area contributed by atoms with E-state index in [0.717, 1.165) is 12.8 Å². The summed E-state index contributed by atoms with van der Waals surface area (Å²) in [4.78, 5) is 22.2. The van der Waals surface area contributed by atoms with E-state index in [1.807, 2.05) is 0 Å². The average molecular weight is 249 g/mol. The molecule has 1 aliphatic carbocycles. The molecule has 0 saturated carbocycles. The Kier molecular flexibility index (Phi) is 3.76. The Balaban J connectivity index is 1.84. The van der Waals surface area contributed by atoms with Crippen molar-refractivity contribution in [3.8, 4) is 0 Å². The molecular weight excluding hydrogens is 234 g/mol. The number of anilines is 1. The summed E-state index contributed by atoms with van der Waals surface area (Å²) in [7, 11) is 0. The summed E-state index contributed by atoms with van der Waals surface area (Å²) < 4.78 is 1.27. The highest BCUT2D eigenvalue weighted by Gasteiger charge is 2.14. The molecule has 0 fully saturated rings. The van der Waals surface area contributed by atoms with Gasteiger partial charge in [-0.15, -0.1) is 0 Å². The van der Waals surface area contributed by atoms with Crippen molar-refractivity contribution in [1.29, 1.82) is 0 Å². The number of nitrogens with zero attached hydrogens (tertiary/aromatic N) is 2. The van der Waals surface area contributed by atoms with Crippen molar-refractivity contribution in [2.45, 2.75) is 25.8 Å². The number of allylic oxidation sites excluding steroid dienone is 2. The minimum Gasteiger partial charge on any atom is -0.480 e. The first-order valence-electron chi connectivity index (χ1n) is 5.85. The fraction of sp³-hybridized carbons (Fsp3) is 0.417. The van der Waals surface area contributed by atoms with Crippen molar-refractivity contribution in [2.75, 3.05) is 5.32 Å². The lowest BCUT2D eigenvalue weighted by Crippen LogP contribution is -2.16. The van der Waals surface area contributed by atoms with Crippen LogP contribution in [0.5, 0.6) is 0 Å². The van der Waals surface area contributed by atoms with Gasteiger partial charge in [-0.1, -0.05) is 12.2 Å². The molecule has 1 atom stereocenters. The van der Waals surface area contributed by atoms with Gasteiger partial charge in [0.15, 0.2) is 5.82 Å². The number of carbonyl (C=O) groups excluding carboxylic acids is 1. The molecule has 0 spiro atoms. The predicted molar refractivity (Wildman–Crippen MR) is 65.0 cm³/mol. The summed E-state index contributed by atoms with van der Waals surface area (Å²) in [6, 6.07) is 1.59. The fourth-order valence-electron chi connectivity index (χ4n) is 1.95. The highest BCUT2D eigenvalue weighted by molar-refractivity contribution is 5.90. The molecule has 6 heteroatoms. The second-order valence-electron chi connectivity index (χ2n) is 4.31. The molecule has 1 heterocycles. The smallest absolute Gasteiger partial charge is 0.325 e. The maximum absolute atomic E-state index is 11.7. The first-order chi connectivity index (χ1) is 8.63. The third kappa shape index (κ3) is 3.44. The standard InChI is InChI=1S/C12H15N3O3/c16-11(7-9-3-1-2-4-9)13-10-5-6-15(14-10)8-12(17)18/h1,3,5-6,9H,2,4,7-8H2,(H,17,18)(H,13,14,16). The first-order valence-corrected chi connectivity index (χ1v) is 5.85. The number of hydrogen-bond acceptors (Lipinski definition) is 3. The molecule has 2 N–H and O–H groups in total. The zero-order valence-electron chi connectivity index (χ0n) is 9.87. The van der Waals surface area contributed by atoms with E-state index < -0.39 is 5.97 Å². The largest absolute Gasteiger partial charge is 0.480 e. The van der Waals surface area contributed by atoms with Gasteiger partial charge in [0.05, 0.1) is 0 Å². The molecule has 0 saturated heterocycles. The second-order valence-corrected chi connectivity index (χ2v) is 4.31. The monoisotopic (exact) mass is 249 g/mol. The minimum absolute atomic E-state index is 0.0906. The Morgan fingerprint density at radius 3 is 3.06 bits per heavy atom. The number of carboxylic acid groups (broad SMARTS) is 1. The van der Waals surface area contributed by atoms with Crippen molar-refractivity contribution in [3.63, 3.8) is 0 Å². The van der Waals surface area contributed by atoms with Crippen molar-refractivity contribution >= 4 is 17.7 Å². The van der Waals surface area contributed by atoms with E-state index in [4.69, 9.17) is 5.11 Å². The zero-order chi connectivity index (χ0) is 13.0. The van der Waals surface area contributed by atoms with Gasteiger partial charge < -0.3 is 10.4 Å². The second kappa shape index (κ2) is 5.48. The molecule has 96 valence electrons. The van der Waals surface area contributed by atoms with Crippen LogP contribution in [0.4, 0.5) is 5.82 Å². The highest BCUT2D eigenvalue weighted by atomic mass is 16.4. The molecule has 0 radical (unpaired) electrons. The molecule has 0 aromatic carbocycles. The van der Waals surface area contributed by atoms with Crippen LogP contribution in [0.15, 0.2) is 24.4 Å². The van der Waals surface area contributed by atoms with E-state index in [9.17, 15) is 9.59 Å². The SMILES string of the molecule is O=C(O)Cn1ccc(NC(=O)CC2C=CCC2)n1. The Morgan fingerprint density at radius 2 is 2.39 bits per heavy atom. The van der Waals surface area contributed by atoms with Gasteiger partial charge in [-0.3, -0.25) is 14.3 Å². The third-order valence-corrected chi connectivity index (χ3v) is 2.77. The van der Waals surface area contributed by atoms with Crippen molar-refractivity contribution < 1.29 is 14.7 Å². The van der Waals surface area contributed by atoms with E-state index in [2.05, 4.69) is 22.6 Å². The summed E-state index contributed by atoms with van der Waals surface area (Å²) in [5.74, 6) is -0.353. The molecule has 18 heavy (non-hydrogen) atoms. The van der Waals surface area contributed by atoms with Crippen LogP contribution in [0.2, 0.25) is 0 Å². The maximum atomic E-state index is 11.7. The minimum atomic E-state index is -0.966. The molecule has 1 amide bonds. The van der Waals surface area contributed by atoms with E-state index in [0.29, 0.717) is 18.2 Å². The van der Waals surface area contributed by atoms with E-state index >= 15 is 0 Å². The number of amides is 1. The highest BCUT2D eigenvalue weighted by Crippen LogP contribution is 2.20. The quantitative estimate of drug-likeness (QED) is 0.769. The lowest BCUT2D eigenvalue weighted by Gasteiger charge is -2.06. The topological polar surface area (TPSA) is 84.2 Å². The van der Waals surface area contributed by atoms with Gasteiger partial charge in [0.2, 0.25) is 5.91 Å².